The summed E-state index contributed by atoms with van der Waals surface area (Å²) in [5, 5.41) is 9.59. The van der Waals surface area contributed by atoms with E-state index in [4.69, 9.17) is 4.74 Å². The molecule has 0 bridgehead atoms. The molecule has 3 aromatic heterocycles. The topological polar surface area (TPSA) is 111 Å². The van der Waals surface area contributed by atoms with Gasteiger partial charge in [0, 0.05) is 56.6 Å². The van der Waals surface area contributed by atoms with Crippen LogP contribution in [-0.4, -0.2) is 92.7 Å². The summed E-state index contributed by atoms with van der Waals surface area (Å²) in [5.41, 5.74) is -3.90. The number of carbonyl (C=O) groups is 1. The minimum absolute atomic E-state index is 0.00280. The molecule has 7 rings (SSSR count). The van der Waals surface area contributed by atoms with Crippen molar-refractivity contribution in [1.82, 2.24) is 29.7 Å². The molecule has 276 valence electrons. The van der Waals surface area contributed by atoms with Gasteiger partial charge in [-0.25, -0.2) is 17.6 Å². The van der Waals surface area contributed by atoms with Gasteiger partial charge in [-0.3, -0.25) is 19.7 Å². The highest BCUT2D eigenvalue weighted by Gasteiger charge is 2.49. The minimum Gasteiger partial charge on any atom is -0.461 e. The molecule has 6 heterocycles. The average molecular weight is 741 g/mol. The molecule has 0 N–H and O–H groups in total. The molecule has 53 heavy (non-hydrogen) atoms. The van der Waals surface area contributed by atoms with Crippen molar-refractivity contribution in [2.45, 2.75) is 49.6 Å². The molecule has 17 heteroatoms. The Morgan fingerprint density at radius 1 is 1.09 bits per heavy atom. The van der Waals surface area contributed by atoms with Crippen molar-refractivity contribution in [1.29, 1.82) is 5.26 Å². The van der Waals surface area contributed by atoms with E-state index in [1.165, 1.54) is 17.2 Å². The number of ether oxygens (including phenoxy) is 1. The molecule has 1 aromatic carbocycles. The number of anilines is 1. The van der Waals surface area contributed by atoms with Crippen LogP contribution in [0.4, 0.5) is 36.6 Å². The van der Waals surface area contributed by atoms with Gasteiger partial charge in [0.25, 0.3) is 5.91 Å². The van der Waals surface area contributed by atoms with Crippen molar-refractivity contribution in [3.63, 3.8) is 0 Å². The number of nitrogens with zero attached hydrogens (tertiary/aromatic N) is 8. The Kier molecular flexibility index (Phi) is 9.66. The molecule has 3 fully saturated rings. The second-order valence-electron chi connectivity index (χ2n) is 13.3. The van der Waals surface area contributed by atoms with Crippen molar-refractivity contribution < 1.29 is 40.3 Å². The molecule has 0 unspecified atom stereocenters. The zero-order valence-corrected chi connectivity index (χ0v) is 28.0. The molecule has 0 radical (unpaired) electrons. The van der Waals surface area contributed by atoms with E-state index in [-0.39, 0.29) is 68.5 Å². The van der Waals surface area contributed by atoms with Crippen molar-refractivity contribution in [2.75, 3.05) is 44.2 Å². The van der Waals surface area contributed by atoms with Crippen LogP contribution >= 0.6 is 0 Å². The first-order chi connectivity index (χ1) is 25.4. The van der Waals surface area contributed by atoms with E-state index in [0.29, 0.717) is 31.2 Å². The summed E-state index contributed by atoms with van der Waals surface area (Å²) < 4.78 is 108. The molecule has 0 spiro atoms. The summed E-state index contributed by atoms with van der Waals surface area (Å²) >= 11 is 0. The number of hydrogen-bond acceptors (Lipinski definition) is 9. The maximum absolute atomic E-state index is 16.5. The maximum Gasteiger partial charge on any atom is 0.417 e. The van der Waals surface area contributed by atoms with Gasteiger partial charge in [-0.05, 0) is 49.7 Å². The number of fused-ring (bicyclic) bond motifs is 2. The van der Waals surface area contributed by atoms with Crippen LogP contribution in [0.25, 0.3) is 28.2 Å². The first kappa shape index (κ1) is 36.0. The van der Waals surface area contributed by atoms with Crippen LogP contribution < -0.4 is 9.64 Å². The van der Waals surface area contributed by atoms with E-state index in [1.807, 2.05) is 11.0 Å². The summed E-state index contributed by atoms with van der Waals surface area (Å²) in [7, 11) is 0. The van der Waals surface area contributed by atoms with Gasteiger partial charge in [0.05, 0.1) is 40.7 Å². The SMILES string of the molecule is N#CC[C@H]1CN(c2nc(OC[C@@]34CCCN3C[C@H](F)C4)nc3c(F)c(-c4cc(F)ccc4C(F)(F)F)ncc23)CCN1C(=O)/C(F)=C/c1ccccn1. The van der Waals surface area contributed by atoms with E-state index in [2.05, 4.69) is 19.9 Å². The number of carbonyl (C=O) groups excluding carboxylic acids is 1. The van der Waals surface area contributed by atoms with Crippen molar-refractivity contribution in [2.24, 2.45) is 0 Å². The lowest BCUT2D eigenvalue weighted by Gasteiger charge is -2.41. The lowest BCUT2D eigenvalue weighted by Crippen LogP contribution is -2.55. The Balaban J connectivity index is 1.27. The predicted octanol–water partition coefficient (Wildman–Crippen LogP) is 6.28. The molecule has 0 aliphatic carbocycles. The number of hydrogen-bond donors (Lipinski definition) is 0. The molecule has 10 nitrogen and oxygen atoms in total. The molecule has 3 saturated heterocycles. The fourth-order valence-electron chi connectivity index (χ4n) is 7.51. The molecular weight excluding hydrogens is 709 g/mol. The van der Waals surface area contributed by atoms with Gasteiger partial charge in [0.2, 0.25) is 0 Å². The van der Waals surface area contributed by atoms with E-state index in [9.17, 15) is 32.0 Å². The third-order valence-electron chi connectivity index (χ3n) is 9.95. The monoisotopic (exact) mass is 740 g/mol. The highest BCUT2D eigenvalue weighted by Crippen LogP contribution is 2.42. The van der Waals surface area contributed by atoms with Crippen LogP contribution in [0.15, 0.2) is 54.6 Å². The summed E-state index contributed by atoms with van der Waals surface area (Å²) in [6.45, 7) is 0.650. The lowest BCUT2D eigenvalue weighted by molar-refractivity contribution is -0.137. The molecule has 0 saturated carbocycles. The second kappa shape index (κ2) is 14.2. The molecule has 3 aliphatic heterocycles. The van der Waals surface area contributed by atoms with E-state index in [1.54, 1.807) is 17.0 Å². The van der Waals surface area contributed by atoms with E-state index < -0.39 is 69.6 Å². The van der Waals surface area contributed by atoms with Crippen molar-refractivity contribution in [3.8, 4) is 23.3 Å². The predicted molar refractivity (Wildman–Crippen MR) is 177 cm³/mol. The average Bonchev–Trinajstić information content (AvgIpc) is 3.66. The standard InChI is InChI=1S/C36H31F7N8O2/c37-21-5-6-27(36(41,42)43)25(14-21)30-29(40)31-26(17-46-30)32(48-34(47-31)53-20-35-8-3-11-50(35)18-22(38)16-35)49-12-13-51(24(19-49)7-9-44)33(52)28(39)15-23-4-1-2-10-45-23/h1-2,4-6,10,14-15,17,22,24H,3,7-8,11-13,16,18-20H2/b28-15-/t22-,24+,35+/m1/s1. The van der Waals surface area contributed by atoms with E-state index >= 15 is 8.78 Å². The maximum atomic E-state index is 16.5. The third kappa shape index (κ3) is 7.07. The third-order valence-corrected chi connectivity index (χ3v) is 9.95. The smallest absolute Gasteiger partial charge is 0.417 e. The van der Waals surface area contributed by atoms with Gasteiger partial charge in [0.1, 0.15) is 35.6 Å². The van der Waals surface area contributed by atoms with Crippen molar-refractivity contribution >= 4 is 28.7 Å². The number of aromatic nitrogens is 4. The van der Waals surface area contributed by atoms with Crippen LogP contribution in [0.1, 0.15) is 36.9 Å². The molecule has 3 atom stereocenters. The summed E-state index contributed by atoms with van der Waals surface area (Å²) in [6, 6.07) is 7.18. The molecule has 1 amide bonds. The number of nitriles is 1. The van der Waals surface area contributed by atoms with Crippen LogP contribution in [0.2, 0.25) is 0 Å². The Hall–Kier alpha value is -5.37. The van der Waals surface area contributed by atoms with Gasteiger partial charge in [0.15, 0.2) is 11.6 Å². The number of alkyl halides is 4. The number of benzene rings is 1. The van der Waals surface area contributed by atoms with Crippen LogP contribution in [-0.2, 0) is 11.0 Å². The quantitative estimate of drug-likeness (QED) is 0.152. The molecule has 3 aliphatic rings. The lowest BCUT2D eigenvalue weighted by atomic mass is 9.95. The van der Waals surface area contributed by atoms with Gasteiger partial charge in [-0.1, -0.05) is 6.07 Å². The number of halogens is 7. The van der Waals surface area contributed by atoms with E-state index in [0.717, 1.165) is 18.7 Å². The second-order valence-corrected chi connectivity index (χ2v) is 13.3. The summed E-state index contributed by atoms with van der Waals surface area (Å²) in [6.07, 6.45) is -1.15. The highest BCUT2D eigenvalue weighted by atomic mass is 19.4. The summed E-state index contributed by atoms with van der Waals surface area (Å²) in [5.74, 6) is -4.40. The Bertz CT molecular complexity index is 2110. The largest absolute Gasteiger partial charge is 0.461 e. The first-order valence-corrected chi connectivity index (χ1v) is 16.8. The molecule has 4 aromatic rings. The fourth-order valence-corrected chi connectivity index (χ4v) is 7.51. The summed E-state index contributed by atoms with van der Waals surface area (Å²) in [4.78, 5) is 34.8. The van der Waals surface area contributed by atoms with Gasteiger partial charge < -0.3 is 14.5 Å². The van der Waals surface area contributed by atoms with Crippen molar-refractivity contribution in [3.05, 3.63) is 77.5 Å². The van der Waals surface area contributed by atoms with Gasteiger partial charge in [-0.2, -0.15) is 28.4 Å². The van der Waals surface area contributed by atoms with Gasteiger partial charge >= 0.3 is 12.2 Å². The van der Waals surface area contributed by atoms with Gasteiger partial charge in [-0.15, -0.1) is 0 Å². The Morgan fingerprint density at radius 3 is 2.68 bits per heavy atom. The highest BCUT2D eigenvalue weighted by molar-refractivity contribution is 5.96. The normalized spacial score (nSPS) is 22.3. The minimum atomic E-state index is -4.97. The zero-order chi connectivity index (χ0) is 37.5. The van der Waals surface area contributed by atoms with Crippen LogP contribution in [0, 0.1) is 23.0 Å². The zero-order valence-electron chi connectivity index (χ0n) is 28.0. The molecular formula is C36H31F7N8O2. The number of pyridine rings is 2. The Labute approximate surface area is 298 Å². The Morgan fingerprint density at radius 2 is 1.92 bits per heavy atom. The number of rotatable bonds is 8. The fraction of sp³-hybridized carbons (Fsp3) is 0.389. The number of amides is 1. The van der Waals surface area contributed by atoms with Crippen LogP contribution in [0.5, 0.6) is 6.01 Å². The first-order valence-electron chi connectivity index (χ1n) is 16.8. The number of piperazine rings is 1. The van der Waals surface area contributed by atoms with Crippen LogP contribution in [0.3, 0.4) is 0 Å².